The highest BCUT2D eigenvalue weighted by molar-refractivity contribution is 5.85. The summed E-state index contributed by atoms with van der Waals surface area (Å²) in [5, 5.41) is 4.02. The first-order chi connectivity index (χ1) is 7.22. The van der Waals surface area contributed by atoms with E-state index in [1.54, 1.807) is 17.6 Å². The fourth-order valence-electron chi connectivity index (χ4n) is 1.32. The van der Waals surface area contributed by atoms with Crippen molar-refractivity contribution in [2.45, 2.75) is 13.8 Å². The third-order valence-corrected chi connectivity index (χ3v) is 2.02. The monoisotopic (exact) mass is 205 g/mol. The molecule has 0 N–H and O–H groups in total. The number of esters is 1. The van der Waals surface area contributed by atoms with E-state index in [1.807, 2.05) is 19.1 Å². The Morgan fingerprint density at radius 3 is 3.07 bits per heavy atom. The van der Waals surface area contributed by atoms with Gasteiger partial charge in [-0.25, -0.2) is 14.3 Å². The van der Waals surface area contributed by atoms with E-state index >= 15 is 0 Å². The highest BCUT2D eigenvalue weighted by Crippen LogP contribution is 2.07. The Balaban J connectivity index is 2.47. The minimum Gasteiger partial charge on any atom is -0.460 e. The zero-order valence-electron chi connectivity index (χ0n) is 8.60. The van der Waals surface area contributed by atoms with Crippen LogP contribution in [0.4, 0.5) is 0 Å². The van der Waals surface area contributed by atoms with Gasteiger partial charge in [0.1, 0.15) is 0 Å². The summed E-state index contributed by atoms with van der Waals surface area (Å²) >= 11 is 0. The Hall–Kier alpha value is -1.91. The van der Waals surface area contributed by atoms with Crippen molar-refractivity contribution in [3.8, 4) is 0 Å². The van der Waals surface area contributed by atoms with Crippen molar-refractivity contribution in [3.63, 3.8) is 0 Å². The van der Waals surface area contributed by atoms with E-state index in [0.29, 0.717) is 12.3 Å². The molecule has 0 aliphatic rings. The molecule has 0 radical (unpaired) electrons. The molecule has 15 heavy (non-hydrogen) atoms. The van der Waals surface area contributed by atoms with Gasteiger partial charge in [0.05, 0.1) is 6.61 Å². The molecule has 2 rings (SSSR count). The first kappa shape index (κ1) is 9.64. The standard InChI is InChI=1S/C10H11N3O2/c1-3-15-10(14)8-11-9-7(2)5-4-6-13(9)12-8/h4-6H,3H2,1-2H3. The lowest BCUT2D eigenvalue weighted by atomic mass is 10.3. The fraction of sp³-hybridized carbons (Fsp3) is 0.300. The van der Waals surface area contributed by atoms with Crippen LogP contribution in [0.3, 0.4) is 0 Å². The Morgan fingerprint density at radius 1 is 1.60 bits per heavy atom. The summed E-state index contributed by atoms with van der Waals surface area (Å²) in [5.74, 6) is -0.383. The van der Waals surface area contributed by atoms with Crippen LogP contribution in [0.25, 0.3) is 5.65 Å². The average Bonchev–Trinajstić information content (AvgIpc) is 2.63. The maximum Gasteiger partial charge on any atom is 0.378 e. The van der Waals surface area contributed by atoms with E-state index in [9.17, 15) is 4.79 Å². The number of carbonyl (C=O) groups is 1. The number of rotatable bonds is 2. The third kappa shape index (κ3) is 1.68. The molecule has 2 aromatic heterocycles. The van der Waals surface area contributed by atoms with Gasteiger partial charge < -0.3 is 4.74 Å². The largest absolute Gasteiger partial charge is 0.460 e. The van der Waals surface area contributed by atoms with Gasteiger partial charge in [0.25, 0.3) is 5.82 Å². The van der Waals surface area contributed by atoms with E-state index in [2.05, 4.69) is 10.1 Å². The van der Waals surface area contributed by atoms with Crippen LogP contribution >= 0.6 is 0 Å². The van der Waals surface area contributed by atoms with Crippen LogP contribution in [0, 0.1) is 6.92 Å². The average molecular weight is 205 g/mol. The van der Waals surface area contributed by atoms with Crippen LogP contribution in [0.2, 0.25) is 0 Å². The van der Waals surface area contributed by atoms with Crippen molar-refractivity contribution < 1.29 is 9.53 Å². The summed E-state index contributed by atoms with van der Waals surface area (Å²) in [6.45, 7) is 3.99. The number of pyridine rings is 1. The molecule has 0 aromatic carbocycles. The smallest absolute Gasteiger partial charge is 0.378 e. The second-order valence-electron chi connectivity index (χ2n) is 3.12. The quantitative estimate of drug-likeness (QED) is 0.691. The van der Waals surface area contributed by atoms with Gasteiger partial charge in [-0.3, -0.25) is 0 Å². The normalized spacial score (nSPS) is 10.5. The summed E-state index contributed by atoms with van der Waals surface area (Å²) in [4.78, 5) is 15.5. The van der Waals surface area contributed by atoms with Gasteiger partial charge in [0.2, 0.25) is 0 Å². The molecule has 2 heterocycles. The van der Waals surface area contributed by atoms with Crippen molar-refractivity contribution in [2.75, 3.05) is 6.61 Å². The van der Waals surface area contributed by atoms with E-state index in [4.69, 9.17) is 4.74 Å². The molecule has 0 aliphatic carbocycles. The Morgan fingerprint density at radius 2 is 2.40 bits per heavy atom. The Labute approximate surface area is 86.7 Å². The minimum atomic E-state index is -0.486. The predicted octanol–water partition coefficient (Wildman–Crippen LogP) is 1.21. The fourth-order valence-corrected chi connectivity index (χ4v) is 1.32. The maximum absolute atomic E-state index is 11.4. The topological polar surface area (TPSA) is 56.5 Å². The highest BCUT2D eigenvalue weighted by atomic mass is 16.5. The zero-order chi connectivity index (χ0) is 10.8. The minimum absolute atomic E-state index is 0.103. The number of hydrogen-bond donors (Lipinski definition) is 0. The van der Waals surface area contributed by atoms with Crippen molar-refractivity contribution in [1.29, 1.82) is 0 Å². The molecule has 5 heteroatoms. The van der Waals surface area contributed by atoms with E-state index < -0.39 is 5.97 Å². The third-order valence-electron chi connectivity index (χ3n) is 2.02. The molecule has 0 amide bonds. The first-order valence-electron chi connectivity index (χ1n) is 4.71. The molecule has 0 bridgehead atoms. The number of nitrogens with zero attached hydrogens (tertiary/aromatic N) is 3. The van der Waals surface area contributed by atoms with Crippen molar-refractivity contribution in [3.05, 3.63) is 29.7 Å². The molecule has 78 valence electrons. The predicted molar refractivity (Wildman–Crippen MR) is 53.7 cm³/mol. The van der Waals surface area contributed by atoms with E-state index in [0.717, 1.165) is 5.56 Å². The van der Waals surface area contributed by atoms with E-state index in [-0.39, 0.29) is 5.82 Å². The van der Waals surface area contributed by atoms with E-state index in [1.165, 1.54) is 0 Å². The van der Waals surface area contributed by atoms with Gasteiger partial charge in [0.15, 0.2) is 5.65 Å². The Bertz CT molecular complexity index is 504. The van der Waals surface area contributed by atoms with Gasteiger partial charge in [-0.1, -0.05) is 6.07 Å². The number of aryl methyl sites for hydroxylation is 1. The molecule has 0 aliphatic heterocycles. The lowest BCUT2D eigenvalue weighted by molar-refractivity contribution is 0.0512. The number of aromatic nitrogens is 3. The van der Waals surface area contributed by atoms with Crippen LogP contribution in [-0.4, -0.2) is 27.2 Å². The molecule has 0 spiro atoms. The molecular formula is C10H11N3O2. The van der Waals surface area contributed by atoms with Crippen LogP contribution in [-0.2, 0) is 4.74 Å². The molecule has 0 atom stereocenters. The van der Waals surface area contributed by atoms with Gasteiger partial charge in [-0.2, -0.15) is 0 Å². The van der Waals surface area contributed by atoms with Gasteiger partial charge in [0, 0.05) is 6.20 Å². The molecule has 2 aromatic rings. The van der Waals surface area contributed by atoms with Crippen molar-refractivity contribution in [1.82, 2.24) is 14.6 Å². The summed E-state index contributed by atoms with van der Waals surface area (Å²) < 4.78 is 6.39. The second-order valence-corrected chi connectivity index (χ2v) is 3.12. The molecule has 0 saturated carbocycles. The number of carbonyl (C=O) groups excluding carboxylic acids is 1. The molecule has 5 nitrogen and oxygen atoms in total. The van der Waals surface area contributed by atoms with Crippen molar-refractivity contribution >= 4 is 11.6 Å². The van der Waals surface area contributed by atoms with Crippen molar-refractivity contribution in [2.24, 2.45) is 0 Å². The first-order valence-corrected chi connectivity index (χ1v) is 4.71. The van der Waals surface area contributed by atoms with Crippen LogP contribution < -0.4 is 0 Å². The summed E-state index contributed by atoms with van der Waals surface area (Å²) in [5.41, 5.74) is 1.65. The number of fused-ring (bicyclic) bond motifs is 1. The van der Waals surface area contributed by atoms with Crippen LogP contribution in [0.5, 0.6) is 0 Å². The summed E-state index contributed by atoms with van der Waals surface area (Å²) in [7, 11) is 0. The van der Waals surface area contributed by atoms with Crippen LogP contribution in [0.15, 0.2) is 18.3 Å². The SMILES string of the molecule is CCOC(=O)c1nc2c(C)cccn2n1. The molecule has 0 saturated heterocycles. The molecule has 0 fully saturated rings. The zero-order valence-corrected chi connectivity index (χ0v) is 8.60. The molecule has 0 unspecified atom stereocenters. The van der Waals surface area contributed by atoms with Gasteiger partial charge in [-0.15, -0.1) is 5.10 Å². The Kier molecular flexibility index (Phi) is 2.37. The second kappa shape index (κ2) is 3.68. The lowest BCUT2D eigenvalue weighted by Crippen LogP contribution is -2.06. The lowest BCUT2D eigenvalue weighted by Gasteiger charge is -1.93. The molecular weight excluding hydrogens is 194 g/mol. The summed E-state index contributed by atoms with van der Waals surface area (Å²) in [6.07, 6.45) is 1.75. The highest BCUT2D eigenvalue weighted by Gasteiger charge is 2.14. The number of hydrogen-bond acceptors (Lipinski definition) is 4. The number of ether oxygens (including phenoxy) is 1. The van der Waals surface area contributed by atoms with Gasteiger partial charge in [-0.05, 0) is 25.5 Å². The van der Waals surface area contributed by atoms with Crippen LogP contribution in [0.1, 0.15) is 23.1 Å². The van der Waals surface area contributed by atoms with Gasteiger partial charge >= 0.3 is 5.97 Å². The summed E-state index contributed by atoms with van der Waals surface area (Å²) in [6, 6.07) is 3.77. The maximum atomic E-state index is 11.4.